The van der Waals surface area contributed by atoms with Gasteiger partial charge in [0.2, 0.25) is 0 Å². The second-order valence-corrected chi connectivity index (χ2v) is 6.50. The summed E-state index contributed by atoms with van der Waals surface area (Å²) in [7, 11) is 3.14. The Morgan fingerprint density at radius 1 is 1.04 bits per heavy atom. The molecule has 1 heterocycles. The molecule has 5 heteroatoms. The van der Waals surface area contributed by atoms with Gasteiger partial charge in [-0.05, 0) is 49.2 Å². The van der Waals surface area contributed by atoms with Gasteiger partial charge in [0.25, 0.3) is 5.91 Å². The van der Waals surface area contributed by atoms with Crippen LogP contribution in [0.25, 0.3) is 0 Å². The van der Waals surface area contributed by atoms with Crippen LogP contribution in [0.15, 0.2) is 42.5 Å². The highest BCUT2D eigenvalue weighted by Gasteiger charge is 2.16. The molecule has 2 aromatic rings. The van der Waals surface area contributed by atoms with E-state index in [1.807, 2.05) is 6.07 Å². The molecule has 0 aromatic heterocycles. The van der Waals surface area contributed by atoms with E-state index >= 15 is 0 Å². The van der Waals surface area contributed by atoms with Gasteiger partial charge in [0.1, 0.15) is 11.5 Å². The molecule has 1 aliphatic rings. The van der Waals surface area contributed by atoms with Gasteiger partial charge in [0.15, 0.2) is 0 Å². The molecule has 1 amide bonds. The molecule has 1 aliphatic heterocycles. The molecule has 5 nitrogen and oxygen atoms in total. The Labute approximate surface area is 154 Å². The van der Waals surface area contributed by atoms with E-state index in [2.05, 4.69) is 28.4 Å². The molecular formula is C21H26N2O3. The zero-order valence-electron chi connectivity index (χ0n) is 15.5. The van der Waals surface area contributed by atoms with Crippen molar-refractivity contribution in [3.63, 3.8) is 0 Å². The van der Waals surface area contributed by atoms with Crippen LogP contribution in [0.3, 0.4) is 0 Å². The van der Waals surface area contributed by atoms with E-state index in [0.29, 0.717) is 23.6 Å². The van der Waals surface area contributed by atoms with Gasteiger partial charge in [-0.25, -0.2) is 0 Å². The highest BCUT2D eigenvalue weighted by Crippen LogP contribution is 2.24. The molecular weight excluding hydrogens is 328 g/mol. The molecule has 138 valence electrons. The Balaban J connectivity index is 1.68. The number of likely N-dealkylation sites (tertiary alicyclic amines) is 1. The number of ether oxygens (including phenoxy) is 2. The van der Waals surface area contributed by atoms with E-state index in [1.54, 1.807) is 32.4 Å². The van der Waals surface area contributed by atoms with Crippen LogP contribution in [-0.4, -0.2) is 38.1 Å². The quantitative estimate of drug-likeness (QED) is 0.829. The molecule has 0 aliphatic carbocycles. The third kappa shape index (κ3) is 4.35. The molecule has 0 atom stereocenters. The number of carbonyl (C=O) groups excluding carboxylic acids is 1. The lowest BCUT2D eigenvalue weighted by molar-refractivity contribution is 0.0947. The highest BCUT2D eigenvalue weighted by atomic mass is 16.5. The molecule has 0 radical (unpaired) electrons. The fourth-order valence-corrected chi connectivity index (χ4v) is 3.32. The van der Waals surface area contributed by atoms with Gasteiger partial charge in [-0.15, -0.1) is 0 Å². The van der Waals surface area contributed by atoms with Crippen molar-refractivity contribution < 1.29 is 14.3 Å². The number of benzene rings is 2. The lowest BCUT2D eigenvalue weighted by Gasteiger charge is -2.18. The number of nitrogens with one attached hydrogen (secondary N) is 1. The van der Waals surface area contributed by atoms with Crippen LogP contribution in [0.4, 0.5) is 0 Å². The van der Waals surface area contributed by atoms with Crippen molar-refractivity contribution >= 4 is 5.91 Å². The average molecular weight is 354 g/mol. The number of nitrogens with zero attached hydrogens (tertiary/aromatic N) is 1. The number of rotatable bonds is 7. The number of methoxy groups -OCH3 is 2. The second-order valence-electron chi connectivity index (χ2n) is 6.50. The first-order valence-electron chi connectivity index (χ1n) is 9.00. The first-order chi connectivity index (χ1) is 12.7. The van der Waals surface area contributed by atoms with Gasteiger partial charge < -0.3 is 14.8 Å². The summed E-state index contributed by atoms with van der Waals surface area (Å²) in [5.74, 6) is 1.02. The molecule has 1 fully saturated rings. The van der Waals surface area contributed by atoms with Gasteiger partial charge in [0, 0.05) is 19.2 Å². The van der Waals surface area contributed by atoms with Gasteiger partial charge in [-0.2, -0.15) is 0 Å². The summed E-state index contributed by atoms with van der Waals surface area (Å²) in [5.41, 5.74) is 2.93. The molecule has 3 rings (SSSR count). The van der Waals surface area contributed by atoms with E-state index < -0.39 is 0 Å². The zero-order chi connectivity index (χ0) is 18.4. The van der Waals surface area contributed by atoms with Crippen LogP contribution < -0.4 is 14.8 Å². The minimum Gasteiger partial charge on any atom is -0.497 e. The van der Waals surface area contributed by atoms with Gasteiger partial charge in [-0.3, -0.25) is 9.69 Å². The fourth-order valence-electron chi connectivity index (χ4n) is 3.32. The van der Waals surface area contributed by atoms with Crippen molar-refractivity contribution in [2.75, 3.05) is 27.3 Å². The average Bonchev–Trinajstić information content (AvgIpc) is 3.19. The van der Waals surface area contributed by atoms with Crippen LogP contribution >= 0.6 is 0 Å². The van der Waals surface area contributed by atoms with Crippen molar-refractivity contribution in [3.8, 4) is 11.5 Å². The normalized spacial score (nSPS) is 14.2. The van der Waals surface area contributed by atoms with Gasteiger partial charge in [0.05, 0.1) is 19.8 Å². The third-order valence-electron chi connectivity index (χ3n) is 4.80. The Bertz CT molecular complexity index is 755. The van der Waals surface area contributed by atoms with Crippen molar-refractivity contribution in [2.45, 2.75) is 25.9 Å². The van der Waals surface area contributed by atoms with Crippen LogP contribution in [0.2, 0.25) is 0 Å². The molecule has 0 unspecified atom stereocenters. The lowest BCUT2D eigenvalue weighted by atomic mass is 10.1. The molecule has 26 heavy (non-hydrogen) atoms. The van der Waals surface area contributed by atoms with E-state index in [0.717, 1.165) is 25.2 Å². The third-order valence-corrected chi connectivity index (χ3v) is 4.80. The first kappa shape index (κ1) is 18.3. The molecule has 1 N–H and O–H groups in total. The standard InChI is InChI=1S/C21H26N2O3/c1-25-18-9-10-19(20(13-18)26-2)21(24)22-14-16-7-3-4-8-17(16)15-23-11-5-6-12-23/h3-4,7-10,13H,5-6,11-12,14-15H2,1-2H3,(H,22,24). The van der Waals surface area contributed by atoms with E-state index in [1.165, 1.54) is 18.4 Å². The Morgan fingerprint density at radius 2 is 1.77 bits per heavy atom. The summed E-state index contributed by atoms with van der Waals surface area (Å²) in [6, 6.07) is 13.5. The van der Waals surface area contributed by atoms with Crippen molar-refractivity contribution in [1.82, 2.24) is 10.2 Å². The number of amides is 1. The summed E-state index contributed by atoms with van der Waals surface area (Å²) in [5, 5.41) is 3.01. The Hall–Kier alpha value is -2.53. The predicted octanol–water partition coefficient (Wildman–Crippen LogP) is 3.23. The molecule has 1 saturated heterocycles. The van der Waals surface area contributed by atoms with E-state index in [4.69, 9.17) is 9.47 Å². The number of hydrogen-bond donors (Lipinski definition) is 1. The summed E-state index contributed by atoms with van der Waals surface area (Å²) in [6.45, 7) is 3.75. The number of carbonyl (C=O) groups is 1. The fraction of sp³-hybridized carbons (Fsp3) is 0.381. The Kier molecular flexibility index (Phi) is 6.12. The summed E-state index contributed by atoms with van der Waals surface area (Å²) in [6.07, 6.45) is 2.55. The predicted molar refractivity (Wildman–Crippen MR) is 102 cm³/mol. The SMILES string of the molecule is COc1ccc(C(=O)NCc2ccccc2CN2CCCC2)c(OC)c1. The van der Waals surface area contributed by atoms with Crippen molar-refractivity contribution in [3.05, 3.63) is 59.2 Å². The van der Waals surface area contributed by atoms with Crippen LogP contribution in [0, 0.1) is 0 Å². The molecule has 0 bridgehead atoms. The van der Waals surface area contributed by atoms with E-state index in [9.17, 15) is 4.79 Å². The van der Waals surface area contributed by atoms with Crippen LogP contribution in [-0.2, 0) is 13.1 Å². The van der Waals surface area contributed by atoms with Crippen LogP contribution in [0.5, 0.6) is 11.5 Å². The maximum Gasteiger partial charge on any atom is 0.255 e. The Morgan fingerprint density at radius 3 is 2.46 bits per heavy atom. The van der Waals surface area contributed by atoms with Crippen molar-refractivity contribution in [2.24, 2.45) is 0 Å². The topological polar surface area (TPSA) is 50.8 Å². The van der Waals surface area contributed by atoms with Gasteiger partial charge >= 0.3 is 0 Å². The maximum absolute atomic E-state index is 12.6. The molecule has 2 aromatic carbocycles. The summed E-state index contributed by atoms with van der Waals surface area (Å²) in [4.78, 5) is 15.1. The lowest BCUT2D eigenvalue weighted by Crippen LogP contribution is -2.25. The largest absolute Gasteiger partial charge is 0.497 e. The second kappa shape index (κ2) is 8.72. The molecule has 0 spiro atoms. The monoisotopic (exact) mass is 354 g/mol. The van der Waals surface area contributed by atoms with E-state index in [-0.39, 0.29) is 5.91 Å². The minimum absolute atomic E-state index is 0.152. The van der Waals surface area contributed by atoms with Gasteiger partial charge in [-0.1, -0.05) is 24.3 Å². The smallest absolute Gasteiger partial charge is 0.255 e. The zero-order valence-corrected chi connectivity index (χ0v) is 15.5. The highest BCUT2D eigenvalue weighted by molar-refractivity contribution is 5.97. The molecule has 0 saturated carbocycles. The summed E-state index contributed by atoms with van der Waals surface area (Å²) >= 11 is 0. The number of hydrogen-bond acceptors (Lipinski definition) is 4. The first-order valence-corrected chi connectivity index (χ1v) is 9.00. The minimum atomic E-state index is -0.152. The van der Waals surface area contributed by atoms with Crippen molar-refractivity contribution in [1.29, 1.82) is 0 Å². The summed E-state index contributed by atoms with van der Waals surface area (Å²) < 4.78 is 10.5. The van der Waals surface area contributed by atoms with Crippen LogP contribution in [0.1, 0.15) is 34.3 Å². The maximum atomic E-state index is 12.6.